The van der Waals surface area contributed by atoms with Crippen molar-refractivity contribution in [3.63, 3.8) is 0 Å². The molecule has 0 aromatic heterocycles. The third kappa shape index (κ3) is 3.33. The number of benzene rings is 1. The Morgan fingerprint density at radius 2 is 1.95 bits per heavy atom. The van der Waals surface area contributed by atoms with E-state index >= 15 is 0 Å². The quantitative estimate of drug-likeness (QED) is 0.869. The van der Waals surface area contributed by atoms with E-state index in [0.717, 1.165) is 12.8 Å². The molecule has 0 unspecified atom stereocenters. The molecular formula is C14H18ClNO3S. The van der Waals surface area contributed by atoms with Gasteiger partial charge in [0.05, 0.1) is 4.90 Å². The van der Waals surface area contributed by atoms with Crippen LogP contribution in [0.1, 0.15) is 42.6 Å². The largest absolute Gasteiger partial charge is 0.347 e. The minimum atomic E-state index is -3.77. The highest BCUT2D eigenvalue weighted by atomic mass is 35.7. The van der Waals surface area contributed by atoms with Gasteiger partial charge in [-0.05, 0) is 63.3 Å². The zero-order valence-corrected chi connectivity index (χ0v) is 13.3. The molecule has 110 valence electrons. The molecule has 0 aliphatic heterocycles. The molecule has 1 aliphatic carbocycles. The molecule has 6 heteroatoms. The van der Waals surface area contributed by atoms with Crippen LogP contribution in [0.15, 0.2) is 23.1 Å². The molecule has 1 fully saturated rings. The average Bonchev–Trinajstić information content (AvgIpc) is 3.10. The number of rotatable bonds is 4. The van der Waals surface area contributed by atoms with Crippen LogP contribution in [0.25, 0.3) is 0 Å². The maximum absolute atomic E-state index is 12.3. The third-order valence-corrected chi connectivity index (χ3v) is 5.11. The van der Waals surface area contributed by atoms with Crippen molar-refractivity contribution >= 4 is 25.6 Å². The van der Waals surface area contributed by atoms with Crippen LogP contribution in [0.2, 0.25) is 0 Å². The topological polar surface area (TPSA) is 63.2 Å². The van der Waals surface area contributed by atoms with Crippen molar-refractivity contribution in [1.29, 1.82) is 0 Å². The molecule has 1 amide bonds. The van der Waals surface area contributed by atoms with Gasteiger partial charge in [-0.15, -0.1) is 0 Å². The molecule has 0 bridgehead atoms. The predicted octanol–water partition coefficient (Wildman–Crippen LogP) is 2.84. The molecule has 1 saturated carbocycles. The van der Waals surface area contributed by atoms with E-state index in [-0.39, 0.29) is 16.3 Å². The standard InChI is InChI=1S/C14H18ClNO3S/c1-9-8-11(20(15,18)19)6-7-12(9)13(17)16-14(2,3)10-4-5-10/h6-8,10H,4-5H2,1-3H3,(H,16,17). The minimum absolute atomic E-state index is 0.00895. The number of hydrogen-bond donors (Lipinski definition) is 1. The second-order valence-corrected chi connectivity index (χ2v) is 8.43. The van der Waals surface area contributed by atoms with Crippen molar-refractivity contribution in [2.75, 3.05) is 0 Å². The fraction of sp³-hybridized carbons (Fsp3) is 0.500. The molecule has 0 atom stereocenters. The lowest BCUT2D eigenvalue weighted by atomic mass is 9.97. The summed E-state index contributed by atoms with van der Waals surface area (Å²) < 4.78 is 22.5. The van der Waals surface area contributed by atoms with E-state index < -0.39 is 9.05 Å². The SMILES string of the molecule is Cc1cc(S(=O)(=O)Cl)ccc1C(=O)NC(C)(C)C1CC1. The molecule has 20 heavy (non-hydrogen) atoms. The molecule has 2 rings (SSSR count). The van der Waals surface area contributed by atoms with E-state index in [1.165, 1.54) is 18.2 Å². The van der Waals surface area contributed by atoms with E-state index in [0.29, 0.717) is 17.0 Å². The van der Waals surface area contributed by atoms with Crippen LogP contribution in [0.4, 0.5) is 0 Å². The number of hydrogen-bond acceptors (Lipinski definition) is 3. The molecule has 1 aromatic rings. The fourth-order valence-corrected chi connectivity index (χ4v) is 3.15. The molecule has 0 radical (unpaired) electrons. The van der Waals surface area contributed by atoms with Crippen LogP contribution >= 0.6 is 10.7 Å². The number of aryl methyl sites for hydroxylation is 1. The summed E-state index contributed by atoms with van der Waals surface area (Å²) in [4.78, 5) is 12.3. The van der Waals surface area contributed by atoms with Crippen LogP contribution < -0.4 is 5.32 Å². The van der Waals surface area contributed by atoms with Crippen molar-refractivity contribution in [2.45, 2.75) is 44.0 Å². The van der Waals surface area contributed by atoms with Gasteiger partial charge in [-0.1, -0.05) is 0 Å². The van der Waals surface area contributed by atoms with Gasteiger partial charge in [-0.25, -0.2) is 8.42 Å². The van der Waals surface area contributed by atoms with E-state index in [9.17, 15) is 13.2 Å². The van der Waals surface area contributed by atoms with Gasteiger partial charge < -0.3 is 5.32 Å². The van der Waals surface area contributed by atoms with Crippen LogP contribution in [-0.2, 0) is 9.05 Å². The predicted molar refractivity (Wildman–Crippen MR) is 78.5 cm³/mol. The Morgan fingerprint density at radius 3 is 2.40 bits per heavy atom. The summed E-state index contributed by atoms with van der Waals surface area (Å²) in [6.07, 6.45) is 2.27. The number of amides is 1. The summed E-state index contributed by atoms with van der Waals surface area (Å²) in [5, 5.41) is 3.01. The fourth-order valence-electron chi connectivity index (χ4n) is 2.31. The smallest absolute Gasteiger partial charge is 0.261 e. The molecule has 1 aliphatic rings. The van der Waals surface area contributed by atoms with Gasteiger partial charge in [0.2, 0.25) is 0 Å². The lowest BCUT2D eigenvalue weighted by Gasteiger charge is -2.26. The van der Waals surface area contributed by atoms with E-state index in [4.69, 9.17) is 10.7 Å². The van der Waals surface area contributed by atoms with Gasteiger partial charge in [-0.2, -0.15) is 0 Å². The lowest BCUT2D eigenvalue weighted by Crippen LogP contribution is -2.45. The molecule has 4 nitrogen and oxygen atoms in total. The van der Waals surface area contributed by atoms with Crippen molar-refractivity contribution in [3.8, 4) is 0 Å². The Kier molecular flexibility index (Phi) is 3.86. The van der Waals surface area contributed by atoms with Crippen molar-refractivity contribution in [3.05, 3.63) is 29.3 Å². The van der Waals surface area contributed by atoms with Crippen LogP contribution in [-0.4, -0.2) is 19.9 Å². The first-order chi connectivity index (χ1) is 9.11. The molecule has 1 aromatic carbocycles. The lowest BCUT2D eigenvalue weighted by molar-refractivity contribution is 0.0902. The van der Waals surface area contributed by atoms with Gasteiger partial charge in [-0.3, -0.25) is 4.79 Å². The van der Waals surface area contributed by atoms with Gasteiger partial charge in [0, 0.05) is 21.8 Å². The maximum atomic E-state index is 12.3. The Morgan fingerprint density at radius 1 is 1.35 bits per heavy atom. The van der Waals surface area contributed by atoms with Crippen LogP contribution in [0.3, 0.4) is 0 Å². The summed E-state index contributed by atoms with van der Waals surface area (Å²) in [7, 11) is 1.52. The summed E-state index contributed by atoms with van der Waals surface area (Å²) in [5.41, 5.74) is 0.833. The van der Waals surface area contributed by atoms with Gasteiger partial charge in [0.1, 0.15) is 0 Å². The Balaban J connectivity index is 2.23. The first-order valence-electron chi connectivity index (χ1n) is 6.49. The second-order valence-electron chi connectivity index (χ2n) is 5.86. The first-order valence-corrected chi connectivity index (χ1v) is 8.80. The van der Waals surface area contributed by atoms with Crippen LogP contribution in [0.5, 0.6) is 0 Å². The summed E-state index contributed by atoms with van der Waals surface area (Å²) >= 11 is 0. The maximum Gasteiger partial charge on any atom is 0.261 e. The molecule has 0 saturated heterocycles. The van der Waals surface area contributed by atoms with E-state index in [1.807, 2.05) is 13.8 Å². The Bertz CT molecular complexity index is 648. The first kappa shape index (κ1) is 15.3. The Labute approximate surface area is 123 Å². The van der Waals surface area contributed by atoms with Crippen molar-refractivity contribution < 1.29 is 13.2 Å². The highest BCUT2D eigenvalue weighted by Gasteiger charge is 2.39. The van der Waals surface area contributed by atoms with Crippen molar-refractivity contribution in [1.82, 2.24) is 5.32 Å². The van der Waals surface area contributed by atoms with Gasteiger partial charge in [0.25, 0.3) is 15.0 Å². The normalized spacial score (nSPS) is 16.0. The number of nitrogens with one attached hydrogen (secondary N) is 1. The Hall–Kier alpha value is -1.07. The number of carbonyl (C=O) groups excluding carboxylic acids is 1. The van der Waals surface area contributed by atoms with Crippen LogP contribution in [0, 0.1) is 12.8 Å². The second kappa shape index (κ2) is 5.04. The minimum Gasteiger partial charge on any atom is -0.347 e. The molecule has 0 spiro atoms. The van der Waals surface area contributed by atoms with E-state index in [2.05, 4.69) is 5.32 Å². The zero-order chi connectivity index (χ0) is 15.1. The molecular weight excluding hydrogens is 298 g/mol. The average molecular weight is 316 g/mol. The summed E-state index contributed by atoms with van der Waals surface area (Å²) in [6.45, 7) is 5.72. The van der Waals surface area contributed by atoms with Gasteiger partial charge in [0.15, 0.2) is 0 Å². The summed E-state index contributed by atoms with van der Waals surface area (Å²) in [5.74, 6) is 0.340. The van der Waals surface area contributed by atoms with Crippen molar-refractivity contribution in [2.24, 2.45) is 5.92 Å². The van der Waals surface area contributed by atoms with Gasteiger partial charge >= 0.3 is 0 Å². The number of carbonyl (C=O) groups is 1. The summed E-state index contributed by atoms with van der Waals surface area (Å²) in [6, 6.07) is 4.28. The monoisotopic (exact) mass is 315 g/mol. The highest BCUT2D eigenvalue weighted by molar-refractivity contribution is 8.13. The van der Waals surface area contributed by atoms with E-state index in [1.54, 1.807) is 6.92 Å². The molecule has 1 N–H and O–H groups in total. The third-order valence-electron chi connectivity index (χ3n) is 3.76. The number of halogens is 1. The highest BCUT2D eigenvalue weighted by Crippen LogP contribution is 2.39. The molecule has 0 heterocycles. The zero-order valence-electron chi connectivity index (χ0n) is 11.7.